The van der Waals surface area contributed by atoms with Gasteiger partial charge in [0.1, 0.15) is 12.4 Å². The number of benzene rings is 1. The van der Waals surface area contributed by atoms with E-state index < -0.39 is 0 Å². The highest BCUT2D eigenvalue weighted by molar-refractivity contribution is 5.39. The first kappa shape index (κ1) is 13.4. The summed E-state index contributed by atoms with van der Waals surface area (Å²) in [7, 11) is 0. The van der Waals surface area contributed by atoms with Crippen LogP contribution in [-0.4, -0.2) is 17.6 Å². The van der Waals surface area contributed by atoms with E-state index in [2.05, 4.69) is 4.98 Å². The van der Waals surface area contributed by atoms with Crippen molar-refractivity contribution in [3.8, 4) is 5.75 Å². The van der Waals surface area contributed by atoms with Crippen molar-refractivity contribution in [2.24, 2.45) is 5.73 Å². The van der Waals surface area contributed by atoms with Crippen molar-refractivity contribution in [2.75, 3.05) is 12.3 Å². The number of rotatable bonds is 5. The molecule has 0 unspecified atom stereocenters. The summed E-state index contributed by atoms with van der Waals surface area (Å²) in [5.41, 5.74) is 14.7. The Hall–Kier alpha value is -2.07. The Balaban J connectivity index is 1.84. The average molecular weight is 257 g/mol. The molecule has 2 aromatic rings. The minimum absolute atomic E-state index is 0.0517. The number of aromatic nitrogens is 1. The number of nitrogen functional groups attached to an aromatic ring is 1. The standard InChI is InChI=1S/C15H19N3O/c1-11-6-15(9-18-8-11)19-10-14(17)7-12-2-4-13(16)5-3-12/h2-6,8-9,14H,7,10,16-17H2,1H3/t14-/m0/s1. The highest BCUT2D eigenvalue weighted by Crippen LogP contribution is 2.11. The van der Waals surface area contributed by atoms with E-state index in [0.717, 1.165) is 29.0 Å². The van der Waals surface area contributed by atoms with Crippen molar-refractivity contribution in [1.82, 2.24) is 4.98 Å². The topological polar surface area (TPSA) is 74.2 Å². The minimum Gasteiger partial charge on any atom is -0.490 e. The van der Waals surface area contributed by atoms with Crippen LogP contribution in [0.4, 0.5) is 5.69 Å². The number of pyridine rings is 1. The summed E-state index contributed by atoms with van der Waals surface area (Å²) >= 11 is 0. The first-order chi connectivity index (χ1) is 9.13. The molecule has 4 nitrogen and oxygen atoms in total. The zero-order valence-corrected chi connectivity index (χ0v) is 11.0. The summed E-state index contributed by atoms with van der Waals surface area (Å²) in [4.78, 5) is 4.08. The van der Waals surface area contributed by atoms with Crippen molar-refractivity contribution < 1.29 is 4.74 Å². The molecule has 0 bridgehead atoms. The van der Waals surface area contributed by atoms with E-state index in [-0.39, 0.29) is 6.04 Å². The molecule has 1 atom stereocenters. The van der Waals surface area contributed by atoms with Crippen LogP contribution >= 0.6 is 0 Å². The predicted octanol–water partition coefficient (Wildman–Crippen LogP) is 1.92. The van der Waals surface area contributed by atoms with E-state index in [4.69, 9.17) is 16.2 Å². The molecule has 1 aromatic carbocycles. The summed E-state index contributed by atoms with van der Waals surface area (Å²) in [6.07, 6.45) is 4.25. The molecule has 0 saturated carbocycles. The van der Waals surface area contributed by atoms with Crippen molar-refractivity contribution in [3.63, 3.8) is 0 Å². The first-order valence-corrected chi connectivity index (χ1v) is 6.28. The highest BCUT2D eigenvalue weighted by Gasteiger charge is 2.05. The molecule has 0 aliphatic rings. The molecule has 1 heterocycles. The second kappa shape index (κ2) is 6.20. The van der Waals surface area contributed by atoms with Gasteiger partial charge in [-0.25, -0.2) is 0 Å². The molecule has 100 valence electrons. The molecule has 0 spiro atoms. The molecule has 2 rings (SSSR count). The van der Waals surface area contributed by atoms with Crippen LogP contribution in [0.15, 0.2) is 42.7 Å². The van der Waals surface area contributed by atoms with E-state index in [1.165, 1.54) is 0 Å². The van der Waals surface area contributed by atoms with Gasteiger partial charge >= 0.3 is 0 Å². The third-order valence-corrected chi connectivity index (χ3v) is 2.79. The summed E-state index contributed by atoms with van der Waals surface area (Å²) in [6, 6.07) is 9.64. The SMILES string of the molecule is Cc1cncc(OC[C@@H](N)Cc2ccc(N)cc2)c1. The number of hydrogen-bond acceptors (Lipinski definition) is 4. The summed E-state index contributed by atoms with van der Waals surface area (Å²) in [5.74, 6) is 0.757. The molecule has 4 N–H and O–H groups in total. The Morgan fingerprint density at radius 1 is 1.21 bits per heavy atom. The van der Waals surface area contributed by atoms with Crippen LogP contribution in [0.1, 0.15) is 11.1 Å². The fraction of sp³-hybridized carbons (Fsp3) is 0.267. The van der Waals surface area contributed by atoms with E-state index >= 15 is 0 Å². The van der Waals surface area contributed by atoms with Gasteiger partial charge in [-0.05, 0) is 42.7 Å². The van der Waals surface area contributed by atoms with Crippen LogP contribution in [-0.2, 0) is 6.42 Å². The van der Waals surface area contributed by atoms with Crippen molar-refractivity contribution in [1.29, 1.82) is 0 Å². The van der Waals surface area contributed by atoms with Gasteiger partial charge in [0.05, 0.1) is 6.20 Å². The lowest BCUT2D eigenvalue weighted by Gasteiger charge is -2.13. The predicted molar refractivity (Wildman–Crippen MR) is 77.0 cm³/mol. The third-order valence-electron chi connectivity index (χ3n) is 2.79. The zero-order valence-electron chi connectivity index (χ0n) is 11.0. The lowest BCUT2D eigenvalue weighted by Crippen LogP contribution is -2.30. The fourth-order valence-corrected chi connectivity index (χ4v) is 1.82. The maximum absolute atomic E-state index is 6.05. The summed E-state index contributed by atoms with van der Waals surface area (Å²) < 4.78 is 5.63. The van der Waals surface area contributed by atoms with Gasteiger partial charge in [0, 0.05) is 17.9 Å². The lowest BCUT2D eigenvalue weighted by molar-refractivity contribution is 0.286. The second-order valence-corrected chi connectivity index (χ2v) is 4.71. The van der Waals surface area contributed by atoms with Gasteiger partial charge in [-0.15, -0.1) is 0 Å². The monoisotopic (exact) mass is 257 g/mol. The van der Waals surface area contributed by atoms with Gasteiger partial charge < -0.3 is 16.2 Å². The normalized spacial score (nSPS) is 12.1. The van der Waals surface area contributed by atoms with E-state index in [1.54, 1.807) is 12.4 Å². The molecular formula is C15H19N3O. The summed E-state index contributed by atoms with van der Waals surface area (Å²) in [5, 5.41) is 0. The number of anilines is 1. The Morgan fingerprint density at radius 2 is 1.95 bits per heavy atom. The van der Waals surface area contributed by atoms with E-state index in [1.807, 2.05) is 37.3 Å². The lowest BCUT2D eigenvalue weighted by atomic mass is 10.1. The van der Waals surface area contributed by atoms with Crippen LogP contribution in [0.5, 0.6) is 5.75 Å². The Morgan fingerprint density at radius 3 is 2.63 bits per heavy atom. The van der Waals surface area contributed by atoms with Crippen LogP contribution < -0.4 is 16.2 Å². The van der Waals surface area contributed by atoms with E-state index in [9.17, 15) is 0 Å². The summed E-state index contributed by atoms with van der Waals surface area (Å²) in [6.45, 7) is 2.45. The van der Waals surface area contributed by atoms with Crippen molar-refractivity contribution in [2.45, 2.75) is 19.4 Å². The zero-order chi connectivity index (χ0) is 13.7. The van der Waals surface area contributed by atoms with Crippen molar-refractivity contribution in [3.05, 3.63) is 53.9 Å². The van der Waals surface area contributed by atoms with Crippen LogP contribution in [0, 0.1) is 6.92 Å². The molecule has 0 fully saturated rings. The van der Waals surface area contributed by atoms with E-state index in [0.29, 0.717) is 6.61 Å². The fourth-order valence-electron chi connectivity index (χ4n) is 1.82. The molecule has 0 aliphatic heterocycles. The van der Waals surface area contributed by atoms with Gasteiger partial charge in [-0.1, -0.05) is 12.1 Å². The molecule has 1 aromatic heterocycles. The minimum atomic E-state index is -0.0517. The van der Waals surface area contributed by atoms with Crippen LogP contribution in [0.25, 0.3) is 0 Å². The van der Waals surface area contributed by atoms with Gasteiger partial charge in [-0.2, -0.15) is 0 Å². The molecule has 19 heavy (non-hydrogen) atoms. The number of hydrogen-bond donors (Lipinski definition) is 2. The van der Waals surface area contributed by atoms with Crippen molar-refractivity contribution >= 4 is 5.69 Å². The number of nitrogens with two attached hydrogens (primary N) is 2. The Kier molecular flexibility index (Phi) is 4.36. The second-order valence-electron chi connectivity index (χ2n) is 4.71. The highest BCUT2D eigenvalue weighted by atomic mass is 16.5. The maximum atomic E-state index is 6.05. The molecule has 0 radical (unpaired) electrons. The largest absolute Gasteiger partial charge is 0.490 e. The first-order valence-electron chi connectivity index (χ1n) is 6.28. The quantitative estimate of drug-likeness (QED) is 0.802. The van der Waals surface area contributed by atoms with Gasteiger partial charge in [0.2, 0.25) is 0 Å². The molecule has 0 saturated heterocycles. The Labute approximate surface area is 113 Å². The molecular weight excluding hydrogens is 238 g/mol. The number of nitrogens with zero attached hydrogens (tertiary/aromatic N) is 1. The van der Waals surface area contributed by atoms with Gasteiger partial charge in [0.25, 0.3) is 0 Å². The van der Waals surface area contributed by atoms with Crippen LogP contribution in [0.3, 0.4) is 0 Å². The van der Waals surface area contributed by atoms with Gasteiger partial charge in [0.15, 0.2) is 0 Å². The Bertz CT molecular complexity index is 525. The van der Waals surface area contributed by atoms with Gasteiger partial charge in [-0.3, -0.25) is 4.98 Å². The third kappa shape index (κ3) is 4.26. The number of aryl methyl sites for hydroxylation is 1. The van der Waals surface area contributed by atoms with Crippen LogP contribution in [0.2, 0.25) is 0 Å². The smallest absolute Gasteiger partial charge is 0.137 e. The average Bonchev–Trinajstić information content (AvgIpc) is 2.39. The molecule has 0 amide bonds. The number of ether oxygens (including phenoxy) is 1. The molecule has 0 aliphatic carbocycles. The maximum Gasteiger partial charge on any atom is 0.137 e. The molecule has 4 heteroatoms.